The average Bonchev–Trinajstić information content (AvgIpc) is 2.04. The van der Waals surface area contributed by atoms with Gasteiger partial charge in [0.1, 0.15) is 0 Å². The van der Waals surface area contributed by atoms with Crippen molar-refractivity contribution in [2.45, 2.75) is 10.5 Å². The zero-order valence-electron chi connectivity index (χ0n) is 6.28. The lowest BCUT2D eigenvalue weighted by atomic mass is 10.1. The summed E-state index contributed by atoms with van der Waals surface area (Å²) < 4.78 is 33.9. The van der Waals surface area contributed by atoms with Crippen LogP contribution in [0.25, 0.3) is 0 Å². The Morgan fingerprint density at radius 3 is 1.77 bits per heavy atom. The molecule has 0 bridgehead atoms. The van der Waals surface area contributed by atoms with Gasteiger partial charge >= 0.3 is 6.18 Å². The van der Waals surface area contributed by atoms with Gasteiger partial charge in [0.25, 0.3) is 0 Å². The normalized spacial score (nSPS) is 13.0. The van der Waals surface area contributed by atoms with Crippen LogP contribution in [0.2, 0.25) is 0 Å². The van der Waals surface area contributed by atoms with E-state index in [1.165, 1.54) is 24.3 Å². The van der Waals surface area contributed by atoms with Crippen molar-refractivity contribution in [2.75, 3.05) is 0 Å². The second-order valence-corrected chi connectivity index (χ2v) is 3.77. The lowest BCUT2D eigenvalue weighted by Gasteiger charge is -2.22. The molecule has 1 aromatic rings. The summed E-state index contributed by atoms with van der Waals surface area (Å²) in [7, 11) is 0. The Bertz CT molecular complexity index is 279. The zero-order chi connectivity index (χ0) is 10.1. The molecule has 0 radical (unpaired) electrons. The van der Waals surface area contributed by atoms with Gasteiger partial charge < -0.3 is 0 Å². The minimum Gasteiger partial charge on any atom is -0.167 e. The van der Waals surface area contributed by atoms with Crippen LogP contribution in [0, 0.1) is 0 Å². The van der Waals surface area contributed by atoms with Crippen LogP contribution in [0.5, 0.6) is 0 Å². The van der Waals surface area contributed by atoms with Crippen molar-refractivity contribution in [3.8, 4) is 0 Å². The van der Waals surface area contributed by atoms with Crippen molar-refractivity contribution in [1.82, 2.24) is 0 Å². The second kappa shape index (κ2) is 3.39. The Morgan fingerprint density at radius 2 is 1.38 bits per heavy atom. The molecule has 13 heavy (non-hydrogen) atoms. The monoisotopic (exact) mass is 228 g/mol. The molecule has 0 spiro atoms. The second-order valence-electron chi connectivity index (χ2n) is 2.44. The first-order chi connectivity index (χ1) is 5.86. The number of rotatable bonds is 1. The molecule has 1 rings (SSSR count). The molecule has 0 unspecified atom stereocenters. The van der Waals surface area contributed by atoms with Crippen molar-refractivity contribution in [3.63, 3.8) is 0 Å². The standard InChI is InChI=1S/C8H5Cl2F3/c9-7(10,8(11,12)13)6-4-2-1-3-5-6/h1-5H. The third-order valence-electron chi connectivity index (χ3n) is 1.49. The molecule has 5 heteroatoms. The van der Waals surface area contributed by atoms with Crippen LogP contribution in [-0.2, 0) is 4.33 Å². The van der Waals surface area contributed by atoms with Gasteiger partial charge in [0, 0.05) is 0 Å². The Kier molecular flexibility index (Phi) is 2.78. The summed E-state index contributed by atoms with van der Waals surface area (Å²) >= 11 is 10.4. The molecule has 0 fully saturated rings. The molecule has 0 saturated heterocycles. The summed E-state index contributed by atoms with van der Waals surface area (Å²) in [5.74, 6) is 0. The van der Waals surface area contributed by atoms with Gasteiger partial charge in [-0.2, -0.15) is 13.2 Å². The Morgan fingerprint density at radius 1 is 0.923 bits per heavy atom. The van der Waals surface area contributed by atoms with Crippen molar-refractivity contribution in [1.29, 1.82) is 0 Å². The molecule has 1 aromatic carbocycles. The van der Waals surface area contributed by atoms with Crippen molar-refractivity contribution >= 4 is 23.2 Å². The number of benzene rings is 1. The summed E-state index contributed by atoms with van der Waals surface area (Å²) in [6, 6.07) is 6.94. The maximum absolute atomic E-state index is 12.3. The number of alkyl halides is 5. The Balaban J connectivity index is 3.08. The summed E-state index contributed by atoms with van der Waals surface area (Å²) in [6.45, 7) is 0. The van der Waals surface area contributed by atoms with Crippen molar-refractivity contribution in [2.24, 2.45) is 0 Å². The molecule has 72 valence electrons. The SMILES string of the molecule is FC(F)(F)C(Cl)(Cl)c1ccccc1. The van der Waals surface area contributed by atoms with Crippen LogP contribution in [0.3, 0.4) is 0 Å². The maximum atomic E-state index is 12.3. The van der Waals surface area contributed by atoms with Crippen LogP contribution >= 0.6 is 23.2 Å². The summed E-state index contributed by atoms with van der Waals surface area (Å²) in [6.07, 6.45) is -4.67. The highest BCUT2D eigenvalue weighted by Crippen LogP contribution is 2.47. The van der Waals surface area contributed by atoms with Gasteiger partial charge in [-0.05, 0) is 5.56 Å². The molecule has 0 nitrogen and oxygen atoms in total. The molecule has 0 aliphatic rings. The largest absolute Gasteiger partial charge is 0.425 e. The maximum Gasteiger partial charge on any atom is 0.425 e. The third kappa shape index (κ3) is 2.09. The summed E-state index contributed by atoms with van der Waals surface area (Å²) in [4.78, 5) is 0. The first-order valence-corrected chi connectivity index (χ1v) is 4.11. The van der Waals surface area contributed by atoms with Crippen LogP contribution in [0.15, 0.2) is 30.3 Å². The predicted molar refractivity (Wildman–Crippen MR) is 45.9 cm³/mol. The van der Waals surface area contributed by atoms with E-state index in [0.717, 1.165) is 0 Å². The smallest absolute Gasteiger partial charge is 0.167 e. The van der Waals surface area contributed by atoms with Crippen molar-refractivity contribution in [3.05, 3.63) is 35.9 Å². The lowest BCUT2D eigenvalue weighted by molar-refractivity contribution is -0.143. The molecule has 0 N–H and O–H groups in total. The van der Waals surface area contributed by atoms with Gasteiger partial charge in [-0.15, -0.1) is 0 Å². The van der Waals surface area contributed by atoms with Gasteiger partial charge in [0.05, 0.1) is 0 Å². The number of halogens is 5. The van der Waals surface area contributed by atoms with Gasteiger partial charge in [0.2, 0.25) is 4.33 Å². The summed E-state index contributed by atoms with van der Waals surface area (Å²) in [5.41, 5.74) is -0.175. The van der Waals surface area contributed by atoms with Crippen molar-refractivity contribution < 1.29 is 13.2 Å². The average molecular weight is 229 g/mol. The van der Waals surface area contributed by atoms with Crippen LogP contribution < -0.4 is 0 Å². The Labute approximate surface area is 83.3 Å². The quantitative estimate of drug-likeness (QED) is 0.641. The lowest BCUT2D eigenvalue weighted by Crippen LogP contribution is -2.31. The van der Waals surface area contributed by atoms with Gasteiger partial charge in [-0.25, -0.2) is 0 Å². The number of hydrogen-bond acceptors (Lipinski definition) is 0. The highest BCUT2D eigenvalue weighted by molar-refractivity contribution is 6.48. The summed E-state index contributed by atoms with van der Waals surface area (Å²) in [5, 5.41) is 0. The first-order valence-electron chi connectivity index (χ1n) is 3.36. The first kappa shape index (κ1) is 10.7. The molecule has 0 aliphatic heterocycles. The van der Waals surface area contributed by atoms with E-state index in [4.69, 9.17) is 23.2 Å². The topological polar surface area (TPSA) is 0 Å². The molecular formula is C8H5Cl2F3. The van der Waals surface area contributed by atoms with Crippen LogP contribution in [0.4, 0.5) is 13.2 Å². The van der Waals surface area contributed by atoms with E-state index in [0.29, 0.717) is 0 Å². The minimum absolute atomic E-state index is 0.175. The minimum atomic E-state index is -4.67. The van der Waals surface area contributed by atoms with Gasteiger partial charge in [0.15, 0.2) is 0 Å². The van der Waals surface area contributed by atoms with E-state index in [1.807, 2.05) is 0 Å². The third-order valence-corrected chi connectivity index (χ3v) is 2.36. The fourth-order valence-corrected chi connectivity index (χ4v) is 1.06. The molecule has 0 amide bonds. The van der Waals surface area contributed by atoms with Crippen LogP contribution in [0.1, 0.15) is 5.56 Å². The van der Waals surface area contributed by atoms with E-state index >= 15 is 0 Å². The molecular weight excluding hydrogens is 224 g/mol. The van der Waals surface area contributed by atoms with Crippen LogP contribution in [-0.4, -0.2) is 6.18 Å². The molecule has 0 saturated carbocycles. The van der Waals surface area contributed by atoms with E-state index in [1.54, 1.807) is 6.07 Å². The fourth-order valence-electron chi connectivity index (χ4n) is 0.811. The zero-order valence-corrected chi connectivity index (χ0v) is 7.79. The fraction of sp³-hybridized carbons (Fsp3) is 0.250. The molecule has 0 atom stereocenters. The van der Waals surface area contributed by atoms with E-state index in [-0.39, 0.29) is 5.56 Å². The highest BCUT2D eigenvalue weighted by atomic mass is 35.5. The van der Waals surface area contributed by atoms with E-state index < -0.39 is 10.5 Å². The van der Waals surface area contributed by atoms with E-state index in [2.05, 4.69) is 0 Å². The predicted octanol–water partition coefficient (Wildman–Crippen LogP) is 3.88. The Hall–Kier alpha value is -0.410. The van der Waals surface area contributed by atoms with Gasteiger partial charge in [-0.3, -0.25) is 0 Å². The van der Waals surface area contributed by atoms with E-state index in [9.17, 15) is 13.2 Å². The number of hydrogen-bond donors (Lipinski definition) is 0. The highest BCUT2D eigenvalue weighted by Gasteiger charge is 2.53. The molecule has 0 aromatic heterocycles. The van der Waals surface area contributed by atoms with Gasteiger partial charge in [-0.1, -0.05) is 53.5 Å². The molecule has 0 aliphatic carbocycles. The molecule has 0 heterocycles.